The van der Waals surface area contributed by atoms with Gasteiger partial charge in [-0.25, -0.2) is 0 Å². The third-order valence-electron chi connectivity index (χ3n) is 3.96. The van der Waals surface area contributed by atoms with E-state index >= 15 is 0 Å². The predicted molar refractivity (Wildman–Crippen MR) is 106 cm³/mol. The minimum atomic E-state index is -0.214. The molecule has 0 bridgehead atoms. The SMILES string of the molecule is CCOc1ccc([S+](c2ccc(OC)cc2)c2ccc(OC)cc2)cc1. The van der Waals surface area contributed by atoms with Gasteiger partial charge in [0.1, 0.15) is 17.2 Å². The van der Waals surface area contributed by atoms with Gasteiger partial charge in [-0.3, -0.25) is 0 Å². The van der Waals surface area contributed by atoms with E-state index in [9.17, 15) is 0 Å². The number of rotatable bonds is 7. The highest BCUT2D eigenvalue weighted by Gasteiger charge is 2.28. The van der Waals surface area contributed by atoms with E-state index < -0.39 is 0 Å². The summed E-state index contributed by atoms with van der Waals surface area (Å²) in [6, 6.07) is 24.9. The first-order valence-corrected chi connectivity index (χ1v) is 9.73. The van der Waals surface area contributed by atoms with E-state index in [1.807, 2.05) is 43.3 Å². The molecule has 3 rings (SSSR count). The Hall–Kier alpha value is -2.59. The summed E-state index contributed by atoms with van der Waals surface area (Å²) in [6.45, 7) is 2.66. The van der Waals surface area contributed by atoms with Gasteiger partial charge in [0.15, 0.2) is 14.7 Å². The number of benzene rings is 3. The molecule has 0 atom stereocenters. The van der Waals surface area contributed by atoms with Crippen LogP contribution in [0.2, 0.25) is 0 Å². The van der Waals surface area contributed by atoms with E-state index in [0.29, 0.717) is 6.61 Å². The Labute approximate surface area is 157 Å². The van der Waals surface area contributed by atoms with Crippen LogP contribution in [-0.2, 0) is 10.9 Å². The molecule has 134 valence electrons. The summed E-state index contributed by atoms with van der Waals surface area (Å²) in [5, 5.41) is 0. The lowest BCUT2D eigenvalue weighted by Crippen LogP contribution is -2.05. The average molecular weight is 367 g/mol. The molecule has 0 aromatic heterocycles. The molecule has 0 N–H and O–H groups in total. The summed E-state index contributed by atoms with van der Waals surface area (Å²) in [7, 11) is 3.16. The van der Waals surface area contributed by atoms with Crippen molar-refractivity contribution < 1.29 is 14.2 Å². The van der Waals surface area contributed by atoms with Crippen molar-refractivity contribution in [2.24, 2.45) is 0 Å². The van der Waals surface area contributed by atoms with Crippen molar-refractivity contribution in [1.82, 2.24) is 0 Å². The topological polar surface area (TPSA) is 27.7 Å². The van der Waals surface area contributed by atoms with Crippen LogP contribution in [0, 0.1) is 0 Å². The second kappa shape index (κ2) is 8.68. The molecule has 0 aliphatic heterocycles. The van der Waals surface area contributed by atoms with Crippen LogP contribution in [0.25, 0.3) is 0 Å². The first-order valence-electron chi connectivity index (χ1n) is 8.50. The molecule has 0 aliphatic carbocycles. The highest BCUT2D eigenvalue weighted by molar-refractivity contribution is 7.97. The van der Waals surface area contributed by atoms with Crippen LogP contribution in [0.1, 0.15) is 6.92 Å². The molecule has 0 spiro atoms. The second-order valence-electron chi connectivity index (χ2n) is 5.56. The highest BCUT2D eigenvalue weighted by atomic mass is 32.2. The van der Waals surface area contributed by atoms with Crippen LogP contribution < -0.4 is 14.2 Å². The van der Waals surface area contributed by atoms with Crippen LogP contribution in [0.3, 0.4) is 0 Å². The molecule has 0 heterocycles. The number of methoxy groups -OCH3 is 2. The van der Waals surface area contributed by atoms with Crippen LogP contribution in [0.5, 0.6) is 17.2 Å². The fourth-order valence-corrected chi connectivity index (χ4v) is 4.71. The standard InChI is InChI=1S/C22H23O3S/c1-4-25-19-9-15-22(16-10-19)26(20-11-5-17(23-2)6-12-20)21-13-7-18(24-3)8-14-21/h5-16H,4H2,1-3H3/q+1. The first-order chi connectivity index (χ1) is 12.7. The monoisotopic (exact) mass is 367 g/mol. The fourth-order valence-electron chi connectivity index (χ4n) is 2.67. The number of hydrogen-bond donors (Lipinski definition) is 0. The van der Waals surface area contributed by atoms with Gasteiger partial charge in [-0.15, -0.1) is 0 Å². The van der Waals surface area contributed by atoms with Gasteiger partial charge in [0.05, 0.1) is 31.7 Å². The average Bonchev–Trinajstić information content (AvgIpc) is 2.71. The second-order valence-corrected chi connectivity index (χ2v) is 7.59. The van der Waals surface area contributed by atoms with E-state index in [-0.39, 0.29) is 10.9 Å². The Bertz CT molecular complexity index is 764. The lowest BCUT2D eigenvalue weighted by atomic mass is 10.3. The molecular formula is C22H23O3S+. The first kappa shape index (κ1) is 18.2. The maximum absolute atomic E-state index is 5.58. The molecule has 0 unspecified atom stereocenters. The third-order valence-corrected chi connectivity index (χ3v) is 6.19. The normalized spacial score (nSPS) is 10.6. The summed E-state index contributed by atoms with van der Waals surface area (Å²) in [5.74, 6) is 2.61. The largest absolute Gasteiger partial charge is 0.497 e. The molecule has 0 saturated carbocycles. The minimum Gasteiger partial charge on any atom is -0.497 e. The highest BCUT2D eigenvalue weighted by Crippen LogP contribution is 2.33. The van der Waals surface area contributed by atoms with Crippen molar-refractivity contribution in [1.29, 1.82) is 0 Å². The Kier molecular flexibility index (Phi) is 6.08. The van der Waals surface area contributed by atoms with Crippen molar-refractivity contribution in [3.05, 3.63) is 72.8 Å². The zero-order chi connectivity index (χ0) is 18.4. The molecular weight excluding hydrogens is 344 g/mol. The Balaban J connectivity index is 2.01. The summed E-state index contributed by atoms with van der Waals surface area (Å²) >= 11 is 0. The van der Waals surface area contributed by atoms with Crippen LogP contribution in [0.4, 0.5) is 0 Å². The van der Waals surface area contributed by atoms with Gasteiger partial charge in [0.2, 0.25) is 0 Å². The summed E-state index contributed by atoms with van der Waals surface area (Å²) in [6.07, 6.45) is 0. The van der Waals surface area contributed by atoms with Crippen molar-refractivity contribution in [3.63, 3.8) is 0 Å². The van der Waals surface area contributed by atoms with Crippen molar-refractivity contribution >= 4 is 10.9 Å². The van der Waals surface area contributed by atoms with Gasteiger partial charge in [-0.1, -0.05) is 0 Å². The lowest BCUT2D eigenvalue weighted by Gasteiger charge is -2.10. The zero-order valence-corrected chi connectivity index (χ0v) is 16.1. The molecule has 0 saturated heterocycles. The molecule has 3 aromatic carbocycles. The van der Waals surface area contributed by atoms with Gasteiger partial charge in [-0.2, -0.15) is 0 Å². The maximum Gasteiger partial charge on any atom is 0.166 e. The van der Waals surface area contributed by atoms with E-state index in [4.69, 9.17) is 14.2 Å². The summed E-state index contributed by atoms with van der Waals surface area (Å²) < 4.78 is 16.2. The fraction of sp³-hybridized carbons (Fsp3) is 0.182. The number of hydrogen-bond acceptors (Lipinski definition) is 3. The zero-order valence-electron chi connectivity index (χ0n) is 15.3. The molecule has 3 nitrogen and oxygen atoms in total. The smallest absolute Gasteiger partial charge is 0.166 e. The van der Waals surface area contributed by atoms with E-state index in [0.717, 1.165) is 17.2 Å². The Morgan fingerprint density at radius 3 is 1.23 bits per heavy atom. The van der Waals surface area contributed by atoms with Gasteiger partial charge in [-0.05, 0) is 79.7 Å². The Morgan fingerprint density at radius 2 is 0.923 bits per heavy atom. The third kappa shape index (κ3) is 4.14. The molecule has 3 aromatic rings. The quantitative estimate of drug-likeness (QED) is 0.537. The molecule has 0 radical (unpaired) electrons. The lowest BCUT2D eigenvalue weighted by molar-refractivity contribution is 0.340. The van der Waals surface area contributed by atoms with Crippen molar-refractivity contribution in [3.8, 4) is 17.2 Å². The minimum absolute atomic E-state index is 0.214. The van der Waals surface area contributed by atoms with Gasteiger partial charge < -0.3 is 14.2 Å². The molecule has 26 heavy (non-hydrogen) atoms. The molecule has 0 amide bonds. The molecule has 0 aliphatic rings. The summed E-state index contributed by atoms with van der Waals surface area (Å²) in [4.78, 5) is 3.71. The Morgan fingerprint density at radius 1 is 0.577 bits per heavy atom. The van der Waals surface area contributed by atoms with Crippen LogP contribution in [-0.4, -0.2) is 20.8 Å². The van der Waals surface area contributed by atoms with Crippen molar-refractivity contribution in [2.75, 3.05) is 20.8 Å². The molecule has 4 heteroatoms. The maximum atomic E-state index is 5.58. The van der Waals surface area contributed by atoms with E-state index in [1.165, 1.54) is 14.7 Å². The number of ether oxygens (including phenoxy) is 3. The van der Waals surface area contributed by atoms with E-state index in [2.05, 4.69) is 36.4 Å². The predicted octanol–water partition coefficient (Wildman–Crippen LogP) is 5.20. The summed E-state index contributed by atoms with van der Waals surface area (Å²) in [5.41, 5.74) is 0. The van der Waals surface area contributed by atoms with Crippen LogP contribution in [0.15, 0.2) is 87.5 Å². The van der Waals surface area contributed by atoms with Crippen molar-refractivity contribution in [2.45, 2.75) is 21.6 Å². The van der Waals surface area contributed by atoms with Gasteiger partial charge in [0, 0.05) is 0 Å². The van der Waals surface area contributed by atoms with E-state index in [1.54, 1.807) is 14.2 Å². The molecule has 0 fully saturated rings. The van der Waals surface area contributed by atoms with Crippen LogP contribution >= 0.6 is 0 Å². The van der Waals surface area contributed by atoms with Gasteiger partial charge >= 0.3 is 0 Å². The van der Waals surface area contributed by atoms with Gasteiger partial charge in [0.25, 0.3) is 0 Å².